The third-order valence-corrected chi connectivity index (χ3v) is 5.37. The van der Waals surface area contributed by atoms with Crippen LogP contribution in [0.15, 0.2) is 103 Å². The van der Waals surface area contributed by atoms with Gasteiger partial charge in [0.1, 0.15) is 18.1 Å². The summed E-state index contributed by atoms with van der Waals surface area (Å²) < 4.78 is 5.82. The second-order valence-corrected chi connectivity index (χ2v) is 7.57. The summed E-state index contributed by atoms with van der Waals surface area (Å²) >= 11 is 0. The highest BCUT2D eigenvalue weighted by Gasteiger charge is 2.15. The van der Waals surface area contributed by atoms with Crippen molar-refractivity contribution in [1.82, 2.24) is 0 Å². The summed E-state index contributed by atoms with van der Waals surface area (Å²) in [6.07, 6.45) is 0. The molecule has 0 aliphatic heterocycles. The van der Waals surface area contributed by atoms with Gasteiger partial charge in [0.25, 0.3) is 11.4 Å². The van der Waals surface area contributed by atoms with Crippen molar-refractivity contribution in [2.24, 2.45) is 0 Å². The van der Waals surface area contributed by atoms with E-state index >= 15 is 0 Å². The van der Waals surface area contributed by atoms with Crippen LogP contribution in [0, 0.1) is 20.2 Å². The lowest BCUT2D eigenvalue weighted by atomic mass is 10.1. The summed E-state index contributed by atoms with van der Waals surface area (Å²) in [6, 6.07) is 29.5. The maximum Gasteiger partial charge on any atom is 0.277 e. The van der Waals surface area contributed by atoms with Crippen LogP contribution in [0.25, 0.3) is 21.5 Å². The number of nitro groups is 2. The van der Waals surface area contributed by atoms with Crippen LogP contribution < -0.4 is 4.74 Å². The van der Waals surface area contributed by atoms with Crippen LogP contribution in [0.2, 0.25) is 0 Å². The third kappa shape index (κ3) is 5.17. The second kappa shape index (κ2) is 10.3. The molecular weight excluding hydrogens is 448 g/mol. The lowest BCUT2D eigenvalue weighted by Gasteiger charge is -2.09. The summed E-state index contributed by atoms with van der Waals surface area (Å²) in [6.45, 7) is 0.433. The zero-order valence-electron chi connectivity index (χ0n) is 18.4. The van der Waals surface area contributed by atoms with E-state index in [1.807, 2.05) is 42.5 Å². The van der Waals surface area contributed by atoms with Gasteiger partial charge in [-0.3, -0.25) is 20.2 Å². The monoisotopic (exact) mass is 468 g/mol. The molecule has 0 fully saturated rings. The van der Waals surface area contributed by atoms with Crippen LogP contribution in [0.4, 0.5) is 11.4 Å². The van der Waals surface area contributed by atoms with Crippen LogP contribution in [-0.4, -0.2) is 15.0 Å². The number of hydrogen-bond donors (Lipinski definition) is 1. The molecule has 0 bridgehead atoms. The Bertz CT molecular complexity index is 1520. The summed E-state index contributed by atoms with van der Waals surface area (Å²) in [5.41, 5.74) is 1.16. The summed E-state index contributed by atoms with van der Waals surface area (Å²) in [4.78, 5) is 20.9. The minimum atomic E-state index is -0.457. The number of nitrogens with zero attached hydrogens (tertiary/aromatic N) is 2. The molecule has 0 heterocycles. The average Bonchev–Trinajstić information content (AvgIpc) is 2.88. The largest absolute Gasteiger partial charge is 0.507 e. The van der Waals surface area contributed by atoms with Gasteiger partial charge in [-0.05, 0) is 29.8 Å². The molecule has 35 heavy (non-hydrogen) atoms. The highest BCUT2D eigenvalue weighted by molar-refractivity contribution is 5.96. The Labute approximate surface area is 199 Å². The first-order chi connectivity index (χ1) is 17.0. The molecule has 8 heteroatoms. The first-order valence-corrected chi connectivity index (χ1v) is 10.6. The number of phenols is 1. The standard InChI is InChI=1S/C17H13NO3.C10H7NO3/c19-18(20)16-10-11-17(15-9-5-4-8-14(15)16)21-12-13-6-2-1-3-7-13;12-10-6-5-9(11(13)14)7-3-1-2-4-8(7)10/h1-11H,12H2;1-6,12H. The number of aromatic hydroxyl groups is 1. The molecule has 1 N–H and O–H groups in total. The van der Waals surface area contributed by atoms with Crippen LogP contribution in [0.1, 0.15) is 5.56 Å². The number of hydrogen-bond acceptors (Lipinski definition) is 6. The Morgan fingerprint density at radius 2 is 1.09 bits per heavy atom. The van der Waals surface area contributed by atoms with Gasteiger partial charge in [0.05, 0.1) is 20.6 Å². The van der Waals surface area contributed by atoms with E-state index in [0.29, 0.717) is 28.5 Å². The van der Waals surface area contributed by atoms with E-state index in [0.717, 1.165) is 10.9 Å². The predicted molar refractivity (Wildman–Crippen MR) is 134 cm³/mol. The zero-order chi connectivity index (χ0) is 24.8. The molecule has 0 radical (unpaired) electrons. The van der Waals surface area contributed by atoms with Crippen molar-refractivity contribution in [3.8, 4) is 11.5 Å². The van der Waals surface area contributed by atoms with Gasteiger partial charge < -0.3 is 9.84 Å². The van der Waals surface area contributed by atoms with E-state index in [9.17, 15) is 25.3 Å². The second-order valence-electron chi connectivity index (χ2n) is 7.57. The van der Waals surface area contributed by atoms with E-state index in [2.05, 4.69) is 0 Å². The molecule has 174 valence electrons. The molecule has 0 unspecified atom stereocenters. The number of benzene rings is 5. The smallest absolute Gasteiger partial charge is 0.277 e. The molecule has 0 saturated heterocycles. The Kier molecular flexibility index (Phi) is 6.83. The summed E-state index contributed by atoms with van der Waals surface area (Å²) in [5.74, 6) is 0.714. The maximum absolute atomic E-state index is 11.1. The number of non-ortho nitro benzene ring substituents is 2. The van der Waals surface area contributed by atoms with E-state index in [1.165, 1.54) is 18.2 Å². The van der Waals surface area contributed by atoms with E-state index < -0.39 is 4.92 Å². The fourth-order valence-electron chi connectivity index (χ4n) is 3.70. The Hall–Kier alpha value is -4.98. The lowest BCUT2D eigenvalue weighted by Crippen LogP contribution is -1.97. The first kappa shape index (κ1) is 23.2. The number of fused-ring (bicyclic) bond motifs is 2. The molecule has 0 spiro atoms. The third-order valence-electron chi connectivity index (χ3n) is 5.37. The topological polar surface area (TPSA) is 116 Å². The molecular formula is C27H20N2O6. The molecule has 0 saturated carbocycles. The molecule has 0 aliphatic carbocycles. The SMILES string of the molecule is O=[N+]([O-])c1ccc(O)c2ccccc12.O=[N+]([O-])c1ccc(OCc2ccccc2)c2ccccc12. The zero-order valence-corrected chi connectivity index (χ0v) is 18.4. The van der Waals surface area contributed by atoms with E-state index in [-0.39, 0.29) is 22.0 Å². The molecule has 5 aromatic rings. The van der Waals surface area contributed by atoms with Gasteiger partial charge in [0.15, 0.2) is 0 Å². The Morgan fingerprint density at radius 1 is 0.600 bits per heavy atom. The summed E-state index contributed by atoms with van der Waals surface area (Å²) in [5, 5.41) is 33.5. The molecule has 0 aliphatic rings. The van der Waals surface area contributed by atoms with Gasteiger partial charge in [0, 0.05) is 22.9 Å². The van der Waals surface area contributed by atoms with Crippen LogP contribution in [0.3, 0.4) is 0 Å². The summed E-state index contributed by atoms with van der Waals surface area (Å²) in [7, 11) is 0. The van der Waals surface area contributed by atoms with Gasteiger partial charge in [-0.2, -0.15) is 0 Å². The van der Waals surface area contributed by atoms with Crippen molar-refractivity contribution in [1.29, 1.82) is 0 Å². The molecule has 0 aromatic heterocycles. The van der Waals surface area contributed by atoms with Gasteiger partial charge in [0.2, 0.25) is 0 Å². The van der Waals surface area contributed by atoms with E-state index in [4.69, 9.17) is 4.74 Å². The van der Waals surface area contributed by atoms with Crippen molar-refractivity contribution in [3.63, 3.8) is 0 Å². The van der Waals surface area contributed by atoms with Gasteiger partial charge in [-0.1, -0.05) is 66.7 Å². The number of nitro benzene ring substituents is 2. The number of ether oxygens (including phenoxy) is 1. The minimum Gasteiger partial charge on any atom is -0.507 e. The number of phenolic OH excluding ortho intramolecular Hbond substituents is 1. The molecule has 5 aromatic carbocycles. The van der Waals surface area contributed by atoms with Crippen LogP contribution in [-0.2, 0) is 6.61 Å². The average molecular weight is 468 g/mol. The fourth-order valence-corrected chi connectivity index (χ4v) is 3.70. The van der Waals surface area contributed by atoms with Crippen molar-refractivity contribution >= 4 is 32.9 Å². The molecule has 0 atom stereocenters. The van der Waals surface area contributed by atoms with Gasteiger partial charge in [-0.15, -0.1) is 0 Å². The van der Waals surface area contributed by atoms with Gasteiger partial charge in [-0.25, -0.2) is 0 Å². The maximum atomic E-state index is 11.1. The van der Waals surface area contributed by atoms with E-state index in [1.54, 1.807) is 42.5 Å². The van der Waals surface area contributed by atoms with Crippen LogP contribution >= 0.6 is 0 Å². The van der Waals surface area contributed by atoms with Crippen molar-refractivity contribution in [3.05, 3.63) is 129 Å². The first-order valence-electron chi connectivity index (χ1n) is 10.6. The fraction of sp³-hybridized carbons (Fsp3) is 0.0370. The van der Waals surface area contributed by atoms with Crippen LogP contribution in [0.5, 0.6) is 11.5 Å². The van der Waals surface area contributed by atoms with Gasteiger partial charge >= 0.3 is 0 Å². The van der Waals surface area contributed by atoms with Crippen molar-refractivity contribution < 1.29 is 19.7 Å². The predicted octanol–water partition coefficient (Wildman–Crippen LogP) is 6.78. The lowest BCUT2D eigenvalue weighted by molar-refractivity contribution is -0.383. The van der Waals surface area contributed by atoms with Crippen molar-refractivity contribution in [2.75, 3.05) is 0 Å². The number of rotatable bonds is 5. The molecule has 8 nitrogen and oxygen atoms in total. The van der Waals surface area contributed by atoms with Crippen molar-refractivity contribution in [2.45, 2.75) is 6.61 Å². The Morgan fingerprint density at radius 3 is 1.69 bits per heavy atom. The molecule has 5 rings (SSSR count). The highest BCUT2D eigenvalue weighted by Crippen LogP contribution is 2.33. The quantitative estimate of drug-likeness (QED) is 0.224. The Balaban J connectivity index is 0.000000179. The minimum absolute atomic E-state index is 0.0124. The molecule has 0 amide bonds. The normalized spacial score (nSPS) is 10.4. The highest BCUT2D eigenvalue weighted by atomic mass is 16.6.